The van der Waals surface area contributed by atoms with E-state index in [1.54, 1.807) is 0 Å². The van der Waals surface area contributed by atoms with Crippen LogP contribution < -0.4 is 0 Å². The SMILES string of the molecule is C=C(C)C(=O)OCCN=Cc1ccc([N+](=O)[O-])cc1[N+](=O)[O-]. The molecule has 0 fully saturated rings. The number of nitro groups is 2. The first-order valence-corrected chi connectivity index (χ1v) is 6.08. The molecule has 0 saturated carbocycles. The van der Waals surface area contributed by atoms with E-state index in [2.05, 4.69) is 11.6 Å². The number of nitro benzene ring substituents is 2. The van der Waals surface area contributed by atoms with E-state index in [1.807, 2.05) is 0 Å². The van der Waals surface area contributed by atoms with Crippen molar-refractivity contribution < 1.29 is 19.4 Å². The van der Waals surface area contributed by atoms with Crippen LogP contribution in [0.3, 0.4) is 0 Å². The van der Waals surface area contributed by atoms with Crippen LogP contribution in [0, 0.1) is 20.2 Å². The van der Waals surface area contributed by atoms with E-state index >= 15 is 0 Å². The van der Waals surface area contributed by atoms with Gasteiger partial charge in [-0.25, -0.2) is 4.79 Å². The molecule has 116 valence electrons. The number of carbonyl (C=O) groups is 1. The molecular formula is C13H13N3O6. The van der Waals surface area contributed by atoms with Gasteiger partial charge in [-0.2, -0.15) is 0 Å². The smallest absolute Gasteiger partial charge is 0.333 e. The van der Waals surface area contributed by atoms with E-state index in [0.29, 0.717) is 0 Å². The lowest BCUT2D eigenvalue weighted by Gasteiger charge is -2.01. The van der Waals surface area contributed by atoms with Crippen molar-refractivity contribution in [2.75, 3.05) is 13.2 Å². The van der Waals surface area contributed by atoms with Crippen molar-refractivity contribution in [3.05, 3.63) is 56.1 Å². The summed E-state index contributed by atoms with van der Waals surface area (Å²) < 4.78 is 4.79. The third-order valence-corrected chi connectivity index (χ3v) is 2.45. The fourth-order valence-electron chi connectivity index (χ4n) is 1.39. The molecule has 0 saturated heterocycles. The normalized spacial score (nSPS) is 10.4. The average Bonchev–Trinajstić information content (AvgIpc) is 2.46. The summed E-state index contributed by atoms with van der Waals surface area (Å²) in [6.45, 7) is 5.03. The number of aliphatic imine (C=N–C) groups is 1. The number of rotatable bonds is 7. The summed E-state index contributed by atoms with van der Waals surface area (Å²) in [5, 5.41) is 21.5. The molecule has 0 atom stereocenters. The number of carbonyl (C=O) groups excluding carboxylic acids is 1. The zero-order valence-electron chi connectivity index (χ0n) is 11.7. The van der Waals surface area contributed by atoms with Crippen LogP contribution in [0.15, 0.2) is 35.3 Å². The molecule has 1 rings (SSSR count). The summed E-state index contributed by atoms with van der Waals surface area (Å²) in [5.41, 5.74) is -0.409. The van der Waals surface area contributed by atoms with Crippen molar-refractivity contribution in [3.8, 4) is 0 Å². The van der Waals surface area contributed by atoms with Gasteiger partial charge in [0.2, 0.25) is 0 Å². The maximum atomic E-state index is 11.1. The van der Waals surface area contributed by atoms with Gasteiger partial charge in [-0.3, -0.25) is 25.2 Å². The van der Waals surface area contributed by atoms with Crippen LogP contribution in [0.1, 0.15) is 12.5 Å². The summed E-state index contributed by atoms with van der Waals surface area (Å²) in [6.07, 6.45) is 1.20. The Balaban J connectivity index is 2.74. The molecule has 0 N–H and O–H groups in total. The monoisotopic (exact) mass is 307 g/mol. The molecule has 9 heteroatoms. The Bertz CT molecular complexity index is 653. The fourth-order valence-corrected chi connectivity index (χ4v) is 1.39. The number of esters is 1. The van der Waals surface area contributed by atoms with Crippen molar-refractivity contribution in [3.63, 3.8) is 0 Å². The highest BCUT2D eigenvalue weighted by molar-refractivity contribution is 5.87. The lowest BCUT2D eigenvalue weighted by molar-refractivity contribution is -0.394. The van der Waals surface area contributed by atoms with Crippen LogP contribution in [0.25, 0.3) is 0 Å². The first kappa shape index (κ1) is 17.0. The highest BCUT2D eigenvalue weighted by Gasteiger charge is 2.17. The van der Waals surface area contributed by atoms with E-state index < -0.39 is 21.5 Å². The van der Waals surface area contributed by atoms with Gasteiger partial charge in [-0.15, -0.1) is 0 Å². The van der Waals surface area contributed by atoms with E-state index in [4.69, 9.17) is 4.74 Å². The van der Waals surface area contributed by atoms with Crippen molar-refractivity contribution in [1.29, 1.82) is 0 Å². The lowest BCUT2D eigenvalue weighted by atomic mass is 10.2. The second-order valence-corrected chi connectivity index (χ2v) is 4.21. The van der Waals surface area contributed by atoms with Crippen molar-refractivity contribution in [2.24, 2.45) is 4.99 Å². The topological polar surface area (TPSA) is 125 Å². The highest BCUT2D eigenvalue weighted by Crippen LogP contribution is 2.23. The predicted molar refractivity (Wildman–Crippen MR) is 78.0 cm³/mol. The Morgan fingerprint density at radius 3 is 2.59 bits per heavy atom. The van der Waals surface area contributed by atoms with Crippen molar-refractivity contribution in [2.45, 2.75) is 6.92 Å². The van der Waals surface area contributed by atoms with Crippen LogP contribution in [0.2, 0.25) is 0 Å². The first-order valence-electron chi connectivity index (χ1n) is 6.08. The Morgan fingerprint density at radius 1 is 1.36 bits per heavy atom. The number of ether oxygens (including phenoxy) is 1. The van der Waals surface area contributed by atoms with Crippen LogP contribution in [0.5, 0.6) is 0 Å². The van der Waals surface area contributed by atoms with Crippen LogP contribution in [-0.4, -0.2) is 35.2 Å². The Labute approximate surface area is 125 Å². The minimum absolute atomic E-state index is 0.00295. The van der Waals surface area contributed by atoms with Gasteiger partial charge < -0.3 is 4.74 Å². The van der Waals surface area contributed by atoms with Crippen molar-refractivity contribution >= 4 is 23.6 Å². The predicted octanol–water partition coefficient (Wildman–Crippen LogP) is 2.04. The summed E-state index contributed by atoms with van der Waals surface area (Å²) >= 11 is 0. The number of hydrogen-bond donors (Lipinski definition) is 0. The zero-order chi connectivity index (χ0) is 16.7. The molecule has 1 aromatic carbocycles. The summed E-state index contributed by atoms with van der Waals surface area (Å²) in [5.74, 6) is -0.545. The Hall–Kier alpha value is -3.10. The number of hydrogen-bond acceptors (Lipinski definition) is 7. The lowest BCUT2D eigenvalue weighted by Crippen LogP contribution is -2.08. The first-order chi connectivity index (χ1) is 10.3. The summed E-state index contributed by atoms with van der Waals surface area (Å²) in [4.78, 5) is 35.0. The van der Waals surface area contributed by atoms with E-state index in [9.17, 15) is 25.0 Å². The van der Waals surface area contributed by atoms with E-state index in [0.717, 1.165) is 12.1 Å². The van der Waals surface area contributed by atoms with Gasteiger partial charge in [0, 0.05) is 17.9 Å². The molecule has 22 heavy (non-hydrogen) atoms. The van der Waals surface area contributed by atoms with Crippen LogP contribution >= 0.6 is 0 Å². The van der Waals surface area contributed by atoms with Gasteiger partial charge in [0.1, 0.15) is 6.61 Å². The number of nitrogens with zero attached hydrogens (tertiary/aromatic N) is 3. The quantitative estimate of drug-likeness (QED) is 0.189. The highest BCUT2D eigenvalue weighted by atomic mass is 16.6. The Kier molecular flexibility index (Phi) is 5.87. The minimum atomic E-state index is -0.727. The van der Waals surface area contributed by atoms with Gasteiger partial charge in [0.15, 0.2) is 0 Å². The standard InChI is InChI=1S/C13H13N3O6/c1-9(2)13(17)22-6-5-14-8-10-3-4-11(15(18)19)7-12(10)16(20)21/h3-4,7-8H,1,5-6H2,2H3. The molecule has 0 aliphatic carbocycles. The minimum Gasteiger partial charge on any atom is -0.460 e. The second-order valence-electron chi connectivity index (χ2n) is 4.21. The molecule has 0 aliphatic heterocycles. The van der Waals surface area contributed by atoms with Crippen molar-refractivity contribution in [1.82, 2.24) is 0 Å². The largest absolute Gasteiger partial charge is 0.460 e. The van der Waals surface area contributed by atoms with E-state index in [1.165, 1.54) is 19.2 Å². The molecule has 0 spiro atoms. The molecule has 0 heterocycles. The molecule has 0 aliphatic rings. The van der Waals surface area contributed by atoms with E-state index in [-0.39, 0.29) is 30.0 Å². The summed E-state index contributed by atoms with van der Waals surface area (Å²) in [6, 6.07) is 3.25. The molecule has 0 unspecified atom stereocenters. The van der Waals surface area contributed by atoms with Gasteiger partial charge in [-0.1, -0.05) is 6.58 Å². The fraction of sp³-hybridized carbons (Fsp3) is 0.231. The molecule has 0 amide bonds. The second kappa shape index (κ2) is 7.62. The maximum Gasteiger partial charge on any atom is 0.333 e. The Morgan fingerprint density at radius 2 is 2.05 bits per heavy atom. The molecular weight excluding hydrogens is 294 g/mol. The molecule has 0 radical (unpaired) electrons. The third-order valence-electron chi connectivity index (χ3n) is 2.45. The molecule has 0 bridgehead atoms. The number of benzene rings is 1. The number of non-ortho nitro benzene ring substituents is 1. The van der Waals surface area contributed by atoms with Crippen LogP contribution in [0.4, 0.5) is 11.4 Å². The van der Waals surface area contributed by atoms with Crippen LogP contribution in [-0.2, 0) is 9.53 Å². The molecule has 9 nitrogen and oxygen atoms in total. The van der Waals surface area contributed by atoms with Gasteiger partial charge in [0.05, 0.1) is 28.0 Å². The molecule has 0 aromatic heterocycles. The maximum absolute atomic E-state index is 11.1. The average molecular weight is 307 g/mol. The summed E-state index contributed by atoms with van der Waals surface area (Å²) in [7, 11) is 0. The molecule has 1 aromatic rings. The van der Waals surface area contributed by atoms with Gasteiger partial charge in [0.25, 0.3) is 11.4 Å². The zero-order valence-corrected chi connectivity index (χ0v) is 11.7. The third kappa shape index (κ3) is 4.78. The van der Waals surface area contributed by atoms with Gasteiger partial charge >= 0.3 is 5.97 Å². The van der Waals surface area contributed by atoms with Gasteiger partial charge in [-0.05, 0) is 13.0 Å².